The number of sulfonamides is 1. The molecule has 1 saturated heterocycles. The quantitative estimate of drug-likeness (QED) is 0.705. The first-order chi connectivity index (χ1) is 12.9. The van der Waals surface area contributed by atoms with Crippen molar-refractivity contribution in [2.24, 2.45) is 5.92 Å². The Morgan fingerprint density at radius 3 is 2.52 bits per heavy atom. The molecule has 1 aromatic carbocycles. The number of nitrogens with zero attached hydrogens (tertiary/aromatic N) is 1. The molecule has 1 heterocycles. The Labute approximate surface area is 161 Å². The van der Waals surface area contributed by atoms with Crippen LogP contribution in [0.3, 0.4) is 0 Å². The van der Waals surface area contributed by atoms with E-state index < -0.39 is 10.0 Å². The van der Waals surface area contributed by atoms with Crippen LogP contribution in [0.15, 0.2) is 24.3 Å². The molecule has 2 rings (SSSR count). The summed E-state index contributed by atoms with van der Waals surface area (Å²) in [6.45, 7) is 5.10. The van der Waals surface area contributed by atoms with Gasteiger partial charge in [0, 0.05) is 36.8 Å². The third-order valence-electron chi connectivity index (χ3n) is 4.70. The first kappa shape index (κ1) is 21.4. The molecule has 0 atom stereocenters. The van der Waals surface area contributed by atoms with Gasteiger partial charge in [-0.05, 0) is 44.4 Å². The van der Waals surface area contributed by atoms with Crippen molar-refractivity contribution in [2.75, 3.05) is 30.7 Å². The topological polar surface area (TPSA) is 95.6 Å². The van der Waals surface area contributed by atoms with Crippen LogP contribution >= 0.6 is 0 Å². The van der Waals surface area contributed by atoms with Gasteiger partial charge in [-0.2, -0.15) is 0 Å². The second kappa shape index (κ2) is 9.85. The van der Waals surface area contributed by atoms with E-state index in [1.54, 1.807) is 24.3 Å². The average Bonchev–Trinajstić information content (AvgIpc) is 2.67. The highest BCUT2D eigenvalue weighted by Gasteiger charge is 2.30. The third-order valence-corrected chi connectivity index (χ3v) is 6.66. The number of benzene rings is 1. The van der Waals surface area contributed by atoms with E-state index in [0.29, 0.717) is 50.1 Å². The van der Waals surface area contributed by atoms with Crippen LogP contribution < -0.4 is 10.6 Å². The molecule has 27 heavy (non-hydrogen) atoms. The number of rotatable bonds is 8. The number of nitrogens with one attached hydrogen (secondary N) is 2. The number of hydrogen-bond acceptors (Lipinski definition) is 4. The minimum absolute atomic E-state index is 0.131. The number of unbranched alkanes of at least 4 members (excludes halogenated alkanes) is 1. The number of anilines is 1. The fraction of sp³-hybridized carbons (Fsp3) is 0.579. The molecular weight excluding hydrogens is 366 g/mol. The molecule has 150 valence electrons. The van der Waals surface area contributed by atoms with E-state index in [4.69, 9.17) is 0 Å². The predicted molar refractivity (Wildman–Crippen MR) is 106 cm³/mol. The second-order valence-electron chi connectivity index (χ2n) is 6.77. The average molecular weight is 396 g/mol. The largest absolute Gasteiger partial charge is 0.352 e. The number of carbonyl (C=O) groups is 2. The summed E-state index contributed by atoms with van der Waals surface area (Å²) < 4.78 is 26.0. The van der Waals surface area contributed by atoms with E-state index in [9.17, 15) is 18.0 Å². The maximum absolute atomic E-state index is 12.5. The van der Waals surface area contributed by atoms with Crippen LogP contribution in [0.1, 0.15) is 49.9 Å². The molecule has 1 fully saturated rings. The van der Waals surface area contributed by atoms with Crippen LogP contribution in [-0.2, 0) is 14.8 Å². The minimum atomic E-state index is -3.22. The van der Waals surface area contributed by atoms with Crippen LogP contribution in [-0.4, -0.2) is 49.9 Å². The summed E-state index contributed by atoms with van der Waals surface area (Å²) in [5, 5.41) is 5.58. The van der Waals surface area contributed by atoms with E-state index in [2.05, 4.69) is 10.6 Å². The summed E-state index contributed by atoms with van der Waals surface area (Å²) in [5.41, 5.74) is 1.06. The molecule has 0 aromatic heterocycles. The third kappa shape index (κ3) is 6.04. The first-order valence-corrected chi connectivity index (χ1v) is 11.1. The van der Waals surface area contributed by atoms with E-state index in [-0.39, 0.29) is 23.5 Å². The van der Waals surface area contributed by atoms with Crippen molar-refractivity contribution in [1.82, 2.24) is 9.62 Å². The summed E-state index contributed by atoms with van der Waals surface area (Å²) in [5.74, 6) is -0.365. The minimum Gasteiger partial charge on any atom is -0.352 e. The van der Waals surface area contributed by atoms with Gasteiger partial charge in [0.1, 0.15) is 0 Å². The molecule has 1 aliphatic rings. The van der Waals surface area contributed by atoms with Crippen molar-refractivity contribution in [3.63, 3.8) is 0 Å². The molecule has 2 amide bonds. The number of hydrogen-bond donors (Lipinski definition) is 2. The summed E-state index contributed by atoms with van der Waals surface area (Å²) in [7, 11) is -3.22. The molecule has 0 saturated carbocycles. The van der Waals surface area contributed by atoms with Crippen molar-refractivity contribution >= 4 is 27.5 Å². The molecule has 0 aliphatic carbocycles. The van der Waals surface area contributed by atoms with Crippen molar-refractivity contribution in [3.8, 4) is 0 Å². The zero-order valence-electron chi connectivity index (χ0n) is 16.0. The van der Waals surface area contributed by atoms with E-state index in [1.807, 2.05) is 13.8 Å². The lowest BCUT2D eigenvalue weighted by atomic mass is 9.97. The van der Waals surface area contributed by atoms with Gasteiger partial charge >= 0.3 is 0 Å². The summed E-state index contributed by atoms with van der Waals surface area (Å²) in [6.07, 6.45) is 2.51. The Morgan fingerprint density at radius 2 is 1.89 bits per heavy atom. The van der Waals surface area contributed by atoms with Gasteiger partial charge in [0.15, 0.2) is 0 Å². The standard InChI is InChI=1S/C19H29N3O4S/c1-3-5-13-27(25,26)22-11-9-15(10-12-22)19(24)21-17-8-6-7-16(14-17)18(23)20-4-2/h6-8,14-15H,3-5,9-13H2,1-2H3,(H,20,23)(H,21,24). The lowest BCUT2D eigenvalue weighted by Crippen LogP contribution is -2.42. The highest BCUT2D eigenvalue weighted by molar-refractivity contribution is 7.89. The van der Waals surface area contributed by atoms with Crippen molar-refractivity contribution in [2.45, 2.75) is 39.5 Å². The fourth-order valence-corrected chi connectivity index (χ4v) is 4.78. The lowest BCUT2D eigenvalue weighted by Gasteiger charge is -2.30. The van der Waals surface area contributed by atoms with Crippen LogP contribution in [0, 0.1) is 5.92 Å². The van der Waals surface area contributed by atoms with Crippen LogP contribution in [0.25, 0.3) is 0 Å². The van der Waals surface area contributed by atoms with Gasteiger partial charge in [-0.1, -0.05) is 19.4 Å². The number of amides is 2. The molecule has 2 N–H and O–H groups in total. The normalized spacial score (nSPS) is 16.1. The van der Waals surface area contributed by atoms with Gasteiger partial charge in [-0.3, -0.25) is 9.59 Å². The van der Waals surface area contributed by atoms with Crippen molar-refractivity contribution < 1.29 is 18.0 Å². The van der Waals surface area contributed by atoms with Gasteiger partial charge < -0.3 is 10.6 Å². The highest BCUT2D eigenvalue weighted by atomic mass is 32.2. The van der Waals surface area contributed by atoms with Gasteiger partial charge in [-0.25, -0.2) is 12.7 Å². The Bertz CT molecular complexity index is 756. The van der Waals surface area contributed by atoms with Crippen LogP contribution in [0.2, 0.25) is 0 Å². The SMILES string of the molecule is CCCCS(=O)(=O)N1CCC(C(=O)Nc2cccc(C(=O)NCC)c2)CC1. The zero-order valence-corrected chi connectivity index (χ0v) is 16.8. The van der Waals surface area contributed by atoms with Gasteiger partial charge in [0.25, 0.3) is 5.91 Å². The lowest BCUT2D eigenvalue weighted by molar-refractivity contribution is -0.120. The smallest absolute Gasteiger partial charge is 0.251 e. The van der Waals surface area contributed by atoms with Crippen molar-refractivity contribution in [1.29, 1.82) is 0 Å². The number of piperidine rings is 1. The Kier molecular flexibility index (Phi) is 7.79. The Morgan fingerprint density at radius 1 is 1.19 bits per heavy atom. The molecule has 0 unspecified atom stereocenters. The molecule has 7 nitrogen and oxygen atoms in total. The molecule has 0 spiro atoms. The van der Waals surface area contributed by atoms with E-state index in [0.717, 1.165) is 6.42 Å². The molecule has 0 radical (unpaired) electrons. The van der Waals surface area contributed by atoms with Gasteiger partial charge in [0.2, 0.25) is 15.9 Å². The second-order valence-corrected chi connectivity index (χ2v) is 8.86. The van der Waals surface area contributed by atoms with E-state index >= 15 is 0 Å². The molecule has 8 heteroatoms. The van der Waals surface area contributed by atoms with Gasteiger partial charge in [-0.15, -0.1) is 0 Å². The summed E-state index contributed by atoms with van der Waals surface area (Å²) in [6, 6.07) is 6.81. The monoisotopic (exact) mass is 395 g/mol. The van der Waals surface area contributed by atoms with Crippen molar-refractivity contribution in [3.05, 3.63) is 29.8 Å². The molecule has 1 aromatic rings. The van der Waals surface area contributed by atoms with E-state index in [1.165, 1.54) is 4.31 Å². The molecule has 1 aliphatic heterocycles. The maximum atomic E-state index is 12.5. The maximum Gasteiger partial charge on any atom is 0.251 e. The van der Waals surface area contributed by atoms with Gasteiger partial charge in [0.05, 0.1) is 5.75 Å². The fourth-order valence-electron chi connectivity index (χ4n) is 3.10. The highest BCUT2D eigenvalue weighted by Crippen LogP contribution is 2.22. The van der Waals surface area contributed by atoms with Crippen LogP contribution in [0.4, 0.5) is 5.69 Å². The zero-order chi connectivity index (χ0) is 19.9. The first-order valence-electron chi connectivity index (χ1n) is 9.54. The molecular formula is C19H29N3O4S. The Balaban J connectivity index is 1.91. The van der Waals surface area contributed by atoms with Crippen LogP contribution in [0.5, 0.6) is 0 Å². The molecule has 0 bridgehead atoms. The summed E-state index contributed by atoms with van der Waals surface area (Å²) >= 11 is 0. The summed E-state index contributed by atoms with van der Waals surface area (Å²) in [4.78, 5) is 24.4. The Hall–Kier alpha value is -1.93. The number of carbonyl (C=O) groups excluding carboxylic acids is 2. The predicted octanol–water partition coefficient (Wildman–Crippen LogP) is 2.22.